The van der Waals surface area contributed by atoms with Gasteiger partial charge in [0.05, 0.1) is 26.0 Å². The van der Waals surface area contributed by atoms with Crippen molar-refractivity contribution < 1.29 is 14.6 Å². The summed E-state index contributed by atoms with van der Waals surface area (Å²) in [7, 11) is 3.18. The quantitative estimate of drug-likeness (QED) is 0.825. The zero-order valence-corrected chi connectivity index (χ0v) is 16.7. The van der Waals surface area contributed by atoms with Gasteiger partial charge in [-0.05, 0) is 36.8 Å². The lowest BCUT2D eigenvalue weighted by molar-refractivity contribution is 0.0544. The van der Waals surface area contributed by atoms with E-state index in [2.05, 4.69) is 9.80 Å². The Morgan fingerprint density at radius 1 is 0.929 bits per heavy atom. The van der Waals surface area contributed by atoms with E-state index in [-0.39, 0.29) is 11.5 Å². The maximum absolute atomic E-state index is 12.2. The second kappa shape index (κ2) is 9.08. The van der Waals surface area contributed by atoms with Crippen molar-refractivity contribution in [2.24, 2.45) is 0 Å². The Morgan fingerprint density at radius 3 is 2.29 bits per heavy atom. The van der Waals surface area contributed by atoms with Crippen LogP contribution in [-0.4, -0.2) is 56.4 Å². The molecule has 0 spiro atoms. The smallest absolute Gasteiger partial charge is 0.201 e. The molecule has 0 amide bonds. The molecule has 1 saturated heterocycles. The molecule has 1 aliphatic heterocycles. The molecule has 1 heterocycles. The van der Waals surface area contributed by atoms with Crippen LogP contribution in [0.2, 0.25) is 0 Å². The Morgan fingerprint density at radius 2 is 1.61 bits per heavy atom. The molecule has 1 fully saturated rings. The molecular formula is C22H28N2O4. The summed E-state index contributed by atoms with van der Waals surface area (Å²) in [6.07, 6.45) is -0.643. The molecule has 0 aromatic heterocycles. The molecule has 2 aromatic carbocycles. The van der Waals surface area contributed by atoms with Gasteiger partial charge in [0.15, 0.2) is 11.5 Å². The Labute approximate surface area is 165 Å². The van der Waals surface area contributed by atoms with Crippen LogP contribution in [0.4, 0.5) is 5.69 Å². The van der Waals surface area contributed by atoms with E-state index < -0.39 is 6.10 Å². The first kappa shape index (κ1) is 20.2. The van der Waals surface area contributed by atoms with Gasteiger partial charge < -0.3 is 19.5 Å². The lowest BCUT2D eigenvalue weighted by Crippen LogP contribution is -2.51. The molecule has 28 heavy (non-hydrogen) atoms. The van der Waals surface area contributed by atoms with Crippen molar-refractivity contribution in [2.75, 3.05) is 45.3 Å². The minimum Gasteiger partial charge on any atom is -0.493 e. The zero-order chi connectivity index (χ0) is 20.1. The molecule has 150 valence electrons. The van der Waals surface area contributed by atoms with Gasteiger partial charge in [-0.15, -0.1) is 0 Å². The fourth-order valence-corrected chi connectivity index (χ4v) is 3.67. The number of hydrogen-bond acceptors (Lipinski definition) is 6. The maximum atomic E-state index is 12.2. The molecule has 2 aromatic rings. The Bertz CT molecular complexity index is 850. The second-order valence-corrected chi connectivity index (χ2v) is 6.98. The first-order valence-electron chi connectivity index (χ1n) is 9.53. The van der Waals surface area contributed by atoms with E-state index in [9.17, 15) is 9.90 Å². The van der Waals surface area contributed by atoms with Crippen molar-refractivity contribution >= 4 is 5.69 Å². The number of ether oxygens (including phenoxy) is 2. The van der Waals surface area contributed by atoms with Crippen LogP contribution in [0.25, 0.3) is 0 Å². The van der Waals surface area contributed by atoms with Gasteiger partial charge in [-0.1, -0.05) is 24.3 Å². The van der Waals surface area contributed by atoms with Crippen molar-refractivity contribution in [2.45, 2.75) is 19.1 Å². The summed E-state index contributed by atoms with van der Waals surface area (Å²) < 4.78 is 10.6. The van der Waals surface area contributed by atoms with Gasteiger partial charge in [-0.2, -0.15) is 0 Å². The highest BCUT2D eigenvalue weighted by Crippen LogP contribution is 2.32. The van der Waals surface area contributed by atoms with Gasteiger partial charge in [0.2, 0.25) is 5.43 Å². The monoisotopic (exact) mass is 384 g/mol. The number of aliphatic hydroxyl groups is 1. The van der Waals surface area contributed by atoms with E-state index >= 15 is 0 Å². The number of rotatable bonds is 6. The predicted octanol–water partition coefficient (Wildman–Crippen LogP) is 2.31. The van der Waals surface area contributed by atoms with Gasteiger partial charge in [-0.3, -0.25) is 9.69 Å². The number of methoxy groups -OCH3 is 2. The van der Waals surface area contributed by atoms with Crippen LogP contribution in [0.1, 0.15) is 18.6 Å². The number of aliphatic hydroxyl groups excluding tert-OH is 1. The fourth-order valence-electron chi connectivity index (χ4n) is 3.67. The van der Waals surface area contributed by atoms with E-state index in [0.29, 0.717) is 11.5 Å². The Hall–Kier alpha value is -2.57. The highest BCUT2D eigenvalue weighted by Gasteiger charge is 2.27. The van der Waals surface area contributed by atoms with Gasteiger partial charge in [0, 0.05) is 32.2 Å². The Kier molecular flexibility index (Phi) is 6.54. The largest absolute Gasteiger partial charge is 0.493 e. The van der Waals surface area contributed by atoms with Crippen molar-refractivity contribution in [1.29, 1.82) is 0 Å². The normalized spacial score (nSPS) is 17.1. The molecule has 0 radical (unpaired) electrons. The van der Waals surface area contributed by atoms with E-state index in [4.69, 9.17) is 9.47 Å². The minimum absolute atomic E-state index is 0.0388. The third-order valence-corrected chi connectivity index (χ3v) is 5.41. The van der Waals surface area contributed by atoms with E-state index in [1.165, 1.54) is 0 Å². The molecule has 0 unspecified atom stereocenters. The number of piperazine rings is 1. The fraction of sp³-hybridized carbons (Fsp3) is 0.409. The van der Waals surface area contributed by atoms with Crippen LogP contribution in [-0.2, 0) is 0 Å². The van der Waals surface area contributed by atoms with Gasteiger partial charge in [0.1, 0.15) is 0 Å². The van der Waals surface area contributed by atoms with Gasteiger partial charge in [-0.25, -0.2) is 0 Å². The second-order valence-electron chi connectivity index (χ2n) is 6.98. The summed E-state index contributed by atoms with van der Waals surface area (Å²) >= 11 is 0. The maximum Gasteiger partial charge on any atom is 0.201 e. The lowest BCUT2D eigenvalue weighted by atomic mass is 10.0. The van der Waals surface area contributed by atoms with Crippen LogP contribution in [0.15, 0.2) is 53.3 Å². The predicted molar refractivity (Wildman–Crippen MR) is 110 cm³/mol. The summed E-state index contributed by atoms with van der Waals surface area (Å²) in [5.41, 5.74) is 1.57. The van der Waals surface area contributed by atoms with Crippen LogP contribution in [0, 0.1) is 0 Å². The summed E-state index contributed by atoms with van der Waals surface area (Å²) in [6.45, 7) is 5.09. The van der Waals surface area contributed by atoms with Crippen molar-refractivity contribution in [3.05, 3.63) is 64.3 Å². The van der Waals surface area contributed by atoms with E-state index in [1.807, 2.05) is 43.3 Å². The summed E-state index contributed by atoms with van der Waals surface area (Å²) in [5, 5.41) is 10.9. The van der Waals surface area contributed by atoms with Crippen molar-refractivity contribution in [3.63, 3.8) is 0 Å². The highest BCUT2D eigenvalue weighted by molar-refractivity contribution is 5.46. The van der Waals surface area contributed by atoms with Crippen molar-refractivity contribution in [3.8, 4) is 11.5 Å². The number of anilines is 1. The molecule has 6 heteroatoms. The molecule has 2 atom stereocenters. The van der Waals surface area contributed by atoms with Crippen LogP contribution < -0.4 is 19.8 Å². The van der Waals surface area contributed by atoms with Crippen LogP contribution >= 0.6 is 0 Å². The SMILES string of the molecule is COc1ccc([C@@H](O)[C@@H](C)N2CCN(c3cccccc3=O)CC2)cc1OC. The Balaban J connectivity index is 1.67. The summed E-state index contributed by atoms with van der Waals surface area (Å²) in [6, 6.07) is 14.5. The summed E-state index contributed by atoms with van der Waals surface area (Å²) in [4.78, 5) is 16.6. The minimum atomic E-state index is -0.643. The molecule has 0 saturated carbocycles. The first-order chi connectivity index (χ1) is 13.5. The average Bonchev–Trinajstić information content (AvgIpc) is 2.96. The number of benzene rings is 1. The summed E-state index contributed by atoms with van der Waals surface area (Å²) in [5.74, 6) is 1.25. The number of nitrogens with zero attached hydrogens (tertiary/aromatic N) is 2. The molecule has 6 nitrogen and oxygen atoms in total. The van der Waals surface area contributed by atoms with Gasteiger partial charge in [0.25, 0.3) is 0 Å². The van der Waals surface area contributed by atoms with E-state index in [0.717, 1.165) is 37.4 Å². The van der Waals surface area contributed by atoms with Crippen molar-refractivity contribution in [1.82, 2.24) is 4.90 Å². The lowest BCUT2D eigenvalue weighted by Gasteiger charge is -2.40. The highest BCUT2D eigenvalue weighted by atomic mass is 16.5. The topological polar surface area (TPSA) is 62.2 Å². The van der Waals surface area contributed by atoms with Gasteiger partial charge >= 0.3 is 0 Å². The molecule has 1 N–H and O–H groups in total. The molecule has 0 aliphatic carbocycles. The average molecular weight is 384 g/mol. The number of hydrogen-bond donors (Lipinski definition) is 1. The third-order valence-electron chi connectivity index (χ3n) is 5.41. The first-order valence-corrected chi connectivity index (χ1v) is 9.53. The standard InChI is InChI=1S/C22H28N2O4/c1-16(22(26)17-9-10-20(27-2)21(15-17)28-3)23-11-13-24(14-12-23)18-7-5-4-6-8-19(18)25/h4-10,15-16,22,26H,11-14H2,1-3H3/t16-,22+/m1/s1. The van der Waals surface area contributed by atoms with Crippen LogP contribution in [0.3, 0.4) is 0 Å². The molecule has 1 aliphatic rings. The molecule has 0 bridgehead atoms. The van der Waals surface area contributed by atoms with E-state index in [1.54, 1.807) is 26.4 Å². The molecule has 3 rings (SSSR count). The van der Waals surface area contributed by atoms with Crippen LogP contribution in [0.5, 0.6) is 11.5 Å². The zero-order valence-electron chi connectivity index (χ0n) is 16.7. The third kappa shape index (κ3) is 4.29. The molecular weight excluding hydrogens is 356 g/mol.